The van der Waals surface area contributed by atoms with Crippen LogP contribution in [0.5, 0.6) is 5.75 Å². The maximum Gasteiger partial charge on any atom is 0.287 e. The summed E-state index contributed by atoms with van der Waals surface area (Å²) < 4.78 is 10.3. The Kier molecular flexibility index (Phi) is 7.16. The van der Waals surface area contributed by atoms with E-state index in [-0.39, 0.29) is 18.3 Å². The van der Waals surface area contributed by atoms with Crippen molar-refractivity contribution < 1.29 is 23.5 Å². The smallest absolute Gasteiger partial charge is 0.287 e. The molecule has 1 heterocycles. The van der Waals surface area contributed by atoms with Crippen molar-refractivity contribution in [1.82, 2.24) is 16.2 Å². The Bertz CT molecular complexity index is 853. The fourth-order valence-corrected chi connectivity index (χ4v) is 2.17. The Morgan fingerprint density at radius 2 is 1.86 bits per heavy atom. The quantitative estimate of drug-likeness (QED) is 0.613. The zero-order valence-electron chi connectivity index (χ0n) is 15.4. The SMILES string of the molecule is CC(C)[C@H](NC(=O)c1ccco1)C(=O)NNC(=O)COc1ccc(C#N)cc1. The van der Waals surface area contributed by atoms with E-state index in [0.717, 1.165) is 0 Å². The first-order valence-electron chi connectivity index (χ1n) is 8.46. The van der Waals surface area contributed by atoms with Gasteiger partial charge in [-0.3, -0.25) is 25.2 Å². The van der Waals surface area contributed by atoms with Gasteiger partial charge in [-0.2, -0.15) is 5.26 Å². The lowest BCUT2D eigenvalue weighted by molar-refractivity contribution is -0.131. The Morgan fingerprint density at radius 1 is 1.14 bits per heavy atom. The third-order valence-corrected chi connectivity index (χ3v) is 3.66. The average Bonchev–Trinajstić information content (AvgIpc) is 3.23. The van der Waals surface area contributed by atoms with Crippen LogP contribution in [-0.4, -0.2) is 30.4 Å². The van der Waals surface area contributed by atoms with Gasteiger partial charge in [0.05, 0.1) is 17.9 Å². The molecule has 0 radical (unpaired) electrons. The second-order valence-corrected chi connectivity index (χ2v) is 6.13. The highest BCUT2D eigenvalue weighted by atomic mass is 16.5. The van der Waals surface area contributed by atoms with Crippen LogP contribution >= 0.6 is 0 Å². The fraction of sp³-hybridized carbons (Fsp3) is 0.263. The third-order valence-electron chi connectivity index (χ3n) is 3.66. The van der Waals surface area contributed by atoms with E-state index in [9.17, 15) is 14.4 Å². The summed E-state index contributed by atoms with van der Waals surface area (Å²) in [5.74, 6) is -1.44. The number of ether oxygens (including phenoxy) is 1. The summed E-state index contributed by atoms with van der Waals surface area (Å²) >= 11 is 0. The van der Waals surface area contributed by atoms with Crippen molar-refractivity contribution in [3.05, 3.63) is 54.0 Å². The molecule has 1 aromatic heterocycles. The van der Waals surface area contributed by atoms with Crippen LogP contribution < -0.4 is 20.9 Å². The number of nitriles is 1. The minimum absolute atomic E-state index is 0.0818. The van der Waals surface area contributed by atoms with Gasteiger partial charge in [0.15, 0.2) is 12.4 Å². The van der Waals surface area contributed by atoms with Crippen LogP contribution in [0.2, 0.25) is 0 Å². The fourth-order valence-electron chi connectivity index (χ4n) is 2.17. The molecule has 2 rings (SSSR count). The van der Waals surface area contributed by atoms with Gasteiger partial charge in [-0.1, -0.05) is 13.8 Å². The molecular weight excluding hydrogens is 364 g/mol. The normalized spacial score (nSPS) is 11.2. The first-order chi connectivity index (χ1) is 13.4. The summed E-state index contributed by atoms with van der Waals surface area (Å²) in [6.07, 6.45) is 1.35. The molecule has 0 saturated carbocycles. The largest absolute Gasteiger partial charge is 0.484 e. The molecular formula is C19H20N4O5. The topological polar surface area (TPSA) is 133 Å². The maximum atomic E-state index is 12.3. The first kappa shape index (κ1) is 20.5. The molecule has 3 amide bonds. The number of carbonyl (C=O) groups is 3. The highest BCUT2D eigenvalue weighted by molar-refractivity contribution is 5.96. The molecule has 0 saturated heterocycles. The monoisotopic (exact) mass is 384 g/mol. The van der Waals surface area contributed by atoms with Gasteiger partial charge in [0.2, 0.25) is 0 Å². The van der Waals surface area contributed by atoms with E-state index < -0.39 is 23.8 Å². The molecule has 146 valence electrons. The molecule has 0 unspecified atom stereocenters. The molecule has 3 N–H and O–H groups in total. The van der Waals surface area contributed by atoms with Crippen LogP contribution in [0, 0.1) is 17.2 Å². The van der Waals surface area contributed by atoms with Crippen LogP contribution in [0.4, 0.5) is 0 Å². The van der Waals surface area contributed by atoms with Crippen LogP contribution in [0.15, 0.2) is 47.1 Å². The summed E-state index contributed by atoms with van der Waals surface area (Å²) in [6.45, 7) is 3.17. The summed E-state index contributed by atoms with van der Waals surface area (Å²) in [7, 11) is 0. The Labute approximate surface area is 161 Å². The molecule has 0 bridgehead atoms. The third kappa shape index (κ3) is 5.88. The minimum atomic E-state index is -0.877. The first-order valence-corrected chi connectivity index (χ1v) is 8.46. The molecule has 0 aliphatic heterocycles. The van der Waals surface area contributed by atoms with E-state index in [4.69, 9.17) is 14.4 Å². The highest BCUT2D eigenvalue weighted by Crippen LogP contribution is 2.11. The summed E-state index contributed by atoms with van der Waals surface area (Å²) in [6, 6.07) is 10.4. The predicted octanol–water partition coefficient (Wildman–Crippen LogP) is 1.13. The molecule has 1 atom stereocenters. The molecule has 2 aromatic rings. The van der Waals surface area contributed by atoms with Crippen LogP contribution in [0.1, 0.15) is 30.0 Å². The number of furan rings is 1. The lowest BCUT2D eigenvalue weighted by atomic mass is 10.0. The highest BCUT2D eigenvalue weighted by Gasteiger charge is 2.25. The number of nitrogens with one attached hydrogen (secondary N) is 3. The van der Waals surface area contributed by atoms with E-state index in [1.807, 2.05) is 6.07 Å². The molecule has 0 fully saturated rings. The van der Waals surface area contributed by atoms with Gasteiger partial charge in [0.1, 0.15) is 11.8 Å². The number of nitrogens with zero attached hydrogens (tertiary/aromatic N) is 1. The number of hydrogen-bond donors (Lipinski definition) is 3. The van der Waals surface area contributed by atoms with E-state index in [0.29, 0.717) is 11.3 Å². The van der Waals surface area contributed by atoms with Gasteiger partial charge in [-0.05, 0) is 42.3 Å². The maximum absolute atomic E-state index is 12.3. The van der Waals surface area contributed by atoms with Crippen LogP contribution in [0.25, 0.3) is 0 Å². The van der Waals surface area contributed by atoms with Crippen LogP contribution in [-0.2, 0) is 9.59 Å². The molecule has 9 nitrogen and oxygen atoms in total. The van der Waals surface area contributed by atoms with Gasteiger partial charge < -0.3 is 14.5 Å². The molecule has 0 aliphatic rings. The van der Waals surface area contributed by atoms with Gasteiger partial charge in [0.25, 0.3) is 17.7 Å². The standard InChI is InChI=1S/C19H20N4O5/c1-12(2)17(21-18(25)15-4-3-9-27-15)19(26)23-22-16(24)11-28-14-7-5-13(10-20)6-8-14/h3-9,12,17H,11H2,1-2H3,(H,21,25)(H,22,24)(H,23,26)/t17-/m0/s1. The molecule has 0 spiro atoms. The zero-order chi connectivity index (χ0) is 20.5. The number of hydrazine groups is 1. The number of rotatable bonds is 7. The van der Waals surface area contributed by atoms with Crippen molar-refractivity contribution in [3.63, 3.8) is 0 Å². The lowest BCUT2D eigenvalue weighted by Gasteiger charge is -2.21. The second-order valence-electron chi connectivity index (χ2n) is 6.13. The van der Waals surface area contributed by atoms with E-state index in [1.165, 1.54) is 12.3 Å². The molecule has 1 aromatic carbocycles. The van der Waals surface area contributed by atoms with E-state index in [2.05, 4.69) is 16.2 Å². The minimum Gasteiger partial charge on any atom is -0.484 e. The Morgan fingerprint density at radius 3 is 2.43 bits per heavy atom. The van der Waals surface area contributed by atoms with E-state index >= 15 is 0 Å². The second kappa shape index (κ2) is 9.78. The lowest BCUT2D eigenvalue weighted by Crippen LogP contribution is -2.54. The number of benzene rings is 1. The van der Waals surface area contributed by atoms with Crippen molar-refractivity contribution in [2.45, 2.75) is 19.9 Å². The predicted molar refractivity (Wildman–Crippen MR) is 97.7 cm³/mol. The Balaban J connectivity index is 1.81. The number of amides is 3. The molecule has 28 heavy (non-hydrogen) atoms. The van der Waals surface area contributed by atoms with Crippen molar-refractivity contribution >= 4 is 17.7 Å². The van der Waals surface area contributed by atoms with Gasteiger partial charge in [-0.15, -0.1) is 0 Å². The van der Waals surface area contributed by atoms with Crippen molar-refractivity contribution in [3.8, 4) is 11.8 Å². The number of carbonyl (C=O) groups excluding carboxylic acids is 3. The van der Waals surface area contributed by atoms with E-state index in [1.54, 1.807) is 44.2 Å². The van der Waals surface area contributed by atoms with Gasteiger partial charge >= 0.3 is 0 Å². The zero-order valence-corrected chi connectivity index (χ0v) is 15.4. The molecule has 0 aliphatic carbocycles. The van der Waals surface area contributed by atoms with Gasteiger partial charge in [0, 0.05) is 0 Å². The summed E-state index contributed by atoms with van der Waals surface area (Å²) in [5.41, 5.74) is 4.96. The average molecular weight is 384 g/mol. The Hall–Kier alpha value is -3.80. The van der Waals surface area contributed by atoms with Crippen molar-refractivity contribution in [1.29, 1.82) is 5.26 Å². The van der Waals surface area contributed by atoms with Crippen LogP contribution in [0.3, 0.4) is 0 Å². The number of hydrogen-bond acceptors (Lipinski definition) is 6. The van der Waals surface area contributed by atoms with Crippen molar-refractivity contribution in [2.75, 3.05) is 6.61 Å². The molecule has 9 heteroatoms. The van der Waals surface area contributed by atoms with Gasteiger partial charge in [-0.25, -0.2) is 0 Å². The summed E-state index contributed by atoms with van der Waals surface area (Å²) in [4.78, 5) is 36.2. The summed E-state index contributed by atoms with van der Waals surface area (Å²) in [5, 5.41) is 11.3. The van der Waals surface area contributed by atoms with Crippen molar-refractivity contribution in [2.24, 2.45) is 5.92 Å².